The normalized spacial score (nSPS) is 19.9. The van der Waals surface area contributed by atoms with Crippen LogP contribution in [-0.2, 0) is 21.3 Å². The van der Waals surface area contributed by atoms with Crippen LogP contribution in [0.2, 0.25) is 0 Å². The second kappa shape index (κ2) is 9.36. The molecular formula is C22H27F3N4O2S. The van der Waals surface area contributed by atoms with Gasteiger partial charge in [0.2, 0.25) is 5.91 Å². The Hall–Kier alpha value is -2.17. The first-order valence-electron chi connectivity index (χ1n) is 10.7. The van der Waals surface area contributed by atoms with E-state index in [-0.39, 0.29) is 5.91 Å². The van der Waals surface area contributed by atoms with Gasteiger partial charge in [0.05, 0.1) is 17.7 Å². The van der Waals surface area contributed by atoms with E-state index in [1.165, 1.54) is 19.2 Å². The highest BCUT2D eigenvalue weighted by molar-refractivity contribution is 7.13. The van der Waals surface area contributed by atoms with Gasteiger partial charge in [0, 0.05) is 58.0 Å². The number of benzene rings is 1. The SMILES string of the molecule is COC1(c2cccc(C(F)(F)F)c2)CCN(C(=O)CN2CCN(c3nccs3)CC2)CC1. The maximum atomic E-state index is 13.2. The number of likely N-dealkylation sites (tertiary alicyclic amines) is 1. The van der Waals surface area contributed by atoms with Crippen molar-refractivity contribution >= 4 is 22.4 Å². The second-order valence-corrected chi connectivity index (χ2v) is 9.11. The summed E-state index contributed by atoms with van der Waals surface area (Å²) in [7, 11) is 1.53. The number of piperidine rings is 1. The molecule has 2 aromatic rings. The van der Waals surface area contributed by atoms with Crippen LogP contribution in [0.5, 0.6) is 0 Å². The largest absolute Gasteiger partial charge is 0.416 e. The molecule has 32 heavy (non-hydrogen) atoms. The van der Waals surface area contributed by atoms with Gasteiger partial charge >= 0.3 is 6.18 Å². The molecule has 0 bridgehead atoms. The molecule has 2 aliphatic rings. The lowest BCUT2D eigenvalue weighted by Crippen LogP contribution is -2.52. The van der Waals surface area contributed by atoms with E-state index in [4.69, 9.17) is 4.74 Å². The molecule has 1 amide bonds. The van der Waals surface area contributed by atoms with Crippen LogP contribution in [0.15, 0.2) is 35.8 Å². The summed E-state index contributed by atoms with van der Waals surface area (Å²) in [6.07, 6.45) is -1.67. The first kappa shape index (κ1) is 23.0. The van der Waals surface area contributed by atoms with Gasteiger partial charge in [-0.3, -0.25) is 9.69 Å². The van der Waals surface area contributed by atoms with E-state index < -0.39 is 17.3 Å². The molecule has 0 spiro atoms. The average Bonchev–Trinajstić information content (AvgIpc) is 3.34. The van der Waals surface area contributed by atoms with E-state index in [9.17, 15) is 18.0 Å². The zero-order valence-electron chi connectivity index (χ0n) is 18.0. The molecule has 0 unspecified atom stereocenters. The van der Waals surface area contributed by atoms with E-state index in [1.54, 1.807) is 28.5 Å². The first-order chi connectivity index (χ1) is 15.3. The molecule has 0 N–H and O–H groups in total. The van der Waals surface area contributed by atoms with Crippen molar-refractivity contribution in [1.29, 1.82) is 0 Å². The molecular weight excluding hydrogens is 441 g/mol. The van der Waals surface area contributed by atoms with Gasteiger partial charge in [-0.2, -0.15) is 13.2 Å². The van der Waals surface area contributed by atoms with E-state index >= 15 is 0 Å². The Morgan fingerprint density at radius 2 is 1.88 bits per heavy atom. The summed E-state index contributed by atoms with van der Waals surface area (Å²) in [5.74, 6) is 0.0569. The number of alkyl halides is 3. The van der Waals surface area contributed by atoms with Gasteiger partial charge in [-0.1, -0.05) is 12.1 Å². The molecule has 174 valence electrons. The van der Waals surface area contributed by atoms with Crippen molar-refractivity contribution in [3.63, 3.8) is 0 Å². The molecule has 0 atom stereocenters. The highest BCUT2D eigenvalue weighted by Crippen LogP contribution is 2.39. The second-order valence-electron chi connectivity index (χ2n) is 8.24. The predicted octanol–water partition coefficient (Wildman–Crippen LogP) is 3.45. The fourth-order valence-corrected chi connectivity index (χ4v) is 5.16. The Morgan fingerprint density at radius 1 is 1.16 bits per heavy atom. The van der Waals surface area contributed by atoms with Crippen molar-refractivity contribution in [3.8, 4) is 0 Å². The van der Waals surface area contributed by atoms with Crippen molar-refractivity contribution in [2.75, 3.05) is 57.8 Å². The quantitative estimate of drug-likeness (QED) is 0.673. The summed E-state index contributed by atoms with van der Waals surface area (Å²) in [6, 6.07) is 5.34. The Kier molecular flexibility index (Phi) is 6.73. The average molecular weight is 469 g/mol. The summed E-state index contributed by atoms with van der Waals surface area (Å²) in [5, 5.41) is 2.97. The predicted molar refractivity (Wildman–Crippen MR) is 117 cm³/mol. The minimum absolute atomic E-state index is 0.0569. The molecule has 6 nitrogen and oxygen atoms in total. The number of aromatic nitrogens is 1. The topological polar surface area (TPSA) is 48.9 Å². The number of halogens is 3. The standard InChI is InChI=1S/C22H27F3N4O2S/c1-31-21(17-3-2-4-18(15-17)22(23,24)25)5-8-28(9-6-21)19(30)16-27-10-12-29(13-11-27)20-26-7-14-32-20/h2-4,7,14-15H,5-6,8-13,16H2,1H3. The maximum Gasteiger partial charge on any atom is 0.416 e. The third kappa shape index (κ3) is 4.92. The number of thiazole rings is 1. The van der Waals surface area contributed by atoms with Crippen LogP contribution in [0, 0.1) is 0 Å². The number of methoxy groups -OCH3 is 1. The van der Waals surface area contributed by atoms with E-state index in [0.29, 0.717) is 38.0 Å². The number of nitrogens with zero attached hydrogens (tertiary/aromatic N) is 4. The third-order valence-corrected chi connectivity index (χ3v) is 7.28. The Balaban J connectivity index is 1.32. The molecule has 1 aromatic carbocycles. The number of rotatable bonds is 5. The molecule has 4 rings (SSSR count). The van der Waals surface area contributed by atoms with Crippen LogP contribution in [0.4, 0.5) is 18.3 Å². The third-order valence-electron chi connectivity index (χ3n) is 6.45. The lowest BCUT2D eigenvalue weighted by atomic mass is 9.83. The zero-order valence-corrected chi connectivity index (χ0v) is 18.8. The molecule has 0 radical (unpaired) electrons. The van der Waals surface area contributed by atoms with Gasteiger partial charge in [-0.05, 0) is 30.5 Å². The van der Waals surface area contributed by atoms with Crippen LogP contribution in [0.3, 0.4) is 0 Å². The zero-order chi connectivity index (χ0) is 22.8. The minimum Gasteiger partial charge on any atom is -0.373 e. The van der Waals surface area contributed by atoms with Crippen LogP contribution in [0.25, 0.3) is 0 Å². The van der Waals surface area contributed by atoms with E-state index in [0.717, 1.165) is 37.4 Å². The number of hydrogen-bond donors (Lipinski definition) is 0. The summed E-state index contributed by atoms with van der Waals surface area (Å²) < 4.78 is 45.2. The van der Waals surface area contributed by atoms with Crippen LogP contribution >= 0.6 is 11.3 Å². The van der Waals surface area contributed by atoms with Crippen molar-refractivity contribution in [2.24, 2.45) is 0 Å². The number of amides is 1. The van der Waals surface area contributed by atoms with Crippen molar-refractivity contribution in [2.45, 2.75) is 24.6 Å². The van der Waals surface area contributed by atoms with Crippen LogP contribution < -0.4 is 4.90 Å². The van der Waals surface area contributed by atoms with Crippen molar-refractivity contribution in [3.05, 3.63) is 47.0 Å². The number of carbonyl (C=O) groups excluding carboxylic acids is 1. The number of ether oxygens (including phenoxy) is 1. The monoisotopic (exact) mass is 468 g/mol. The summed E-state index contributed by atoms with van der Waals surface area (Å²) >= 11 is 1.62. The Bertz CT molecular complexity index is 906. The fourth-order valence-electron chi connectivity index (χ4n) is 4.47. The molecule has 0 saturated carbocycles. The summed E-state index contributed by atoms with van der Waals surface area (Å²) in [4.78, 5) is 23.4. The highest BCUT2D eigenvalue weighted by Gasteiger charge is 2.39. The first-order valence-corrected chi connectivity index (χ1v) is 11.6. The van der Waals surface area contributed by atoms with Crippen LogP contribution in [0.1, 0.15) is 24.0 Å². The molecule has 2 fully saturated rings. The minimum atomic E-state index is -4.40. The molecule has 10 heteroatoms. The Morgan fingerprint density at radius 3 is 2.47 bits per heavy atom. The number of hydrogen-bond acceptors (Lipinski definition) is 6. The molecule has 3 heterocycles. The fraction of sp³-hybridized carbons (Fsp3) is 0.545. The molecule has 2 saturated heterocycles. The molecule has 1 aromatic heterocycles. The van der Waals surface area contributed by atoms with Gasteiger partial charge < -0.3 is 14.5 Å². The van der Waals surface area contributed by atoms with Gasteiger partial charge in [-0.25, -0.2) is 4.98 Å². The highest BCUT2D eigenvalue weighted by atomic mass is 32.1. The lowest BCUT2D eigenvalue weighted by Gasteiger charge is -2.42. The number of piperazine rings is 1. The van der Waals surface area contributed by atoms with Gasteiger partial charge in [0.15, 0.2) is 5.13 Å². The molecule has 2 aliphatic heterocycles. The van der Waals surface area contributed by atoms with E-state index in [1.807, 2.05) is 5.38 Å². The Labute approximate surface area is 189 Å². The van der Waals surface area contributed by atoms with Crippen molar-refractivity contribution in [1.82, 2.24) is 14.8 Å². The van der Waals surface area contributed by atoms with Crippen molar-refractivity contribution < 1.29 is 22.7 Å². The smallest absolute Gasteiger partial charge is 0.373 e. The van der Waals surface area contributed by atoms with Gasteiger partial charge in [0.1, 0.15) is 0 Å². The summed E-state index contributed by atoms with van der Waals surface area (Å²) in [6.45, 7) is 4.54. The number of carbonyl (C=O) groups is 1. The van der Waals surface area contributed by atoms with Crippen LogP contribution in [-0.4, -0.2) is 73.6 Å². The molecule has 0 aliphatic carbocycles. The lowest BCUT2D eigenvalue weighted by molar-refractivity contribution is -0.139. The van der Waals surface area contributed by atoms with Gasteiger partial charge in [-0.15, -0.1) is 11.3 Å². The summed E-state index contributed by atoms with van der Waals surface area (Å²) in [5.41, 5.74) is -0.973. The van der Waals surface area contributed by atoms with Gasteiger partial charge in [0.25, 0.3) is 0 Å². The van der Waals surface area contributed by atoms with E-state index in [2.05, 4.69) is 14.8 Å². The number of anilines is 1. The maximum absolute atomic E-state index is 13.2.